The highest BCUT2D eigenvalue weighted by molar-refractivity contribution is 7.92. The first-order valence-corrected chi connectivity index (χ1v) is 11.6. The highest BCUT2D eigenvalue weighted by Gasteiger charge is 2.24. The van der Waals surface area contributed by atoms with Gasteiger partial charge in [-0.3, -0.25) is 9.52 Å². The first kappa shape index (κ1) is 24.8. The molecule has 10 heteroatoms. The molecule has 0 fully saturated rings. The molecule has 2 N–H and O–H groups in total. The normalized spacial score (nSPS) is 12.0. The van der Waals surface area contributed by atoms with Gasteiger partial charge in [-0.2, -0.15) is 0 Å². The number of halogens is 2. The highest BCUT2D eigenvalue weighted by Crippen LogP contribution is 2.22. The Bertz CT molecular complexity index is 1340. The molecule has 0 spiro atoms. The summed E-state index contributed by atoms with van der Waals surface area (Å²) in [6.45, 7) is 4.61. The largest absolute Gasteiger partial charge is 0.449 e. The van der Waals surface area contributed by atoms with E-state index in [1.165, 1.54) is 19.1 Å². The minimum Gasteiger partial charge on any atom is -0.449 e. The van der Waals surface area contributed by atoms with Gasteiger partial charge in [0.15, 0.2) is 6.10 Å². The van der Waals surface area contributed by atoms with E-state index in [9.17, 15) is 26.8 Å². The lowest BCUT2D eigenvalue weighted by atomic mass is 10.1. The maximum absolute atomic E-state index is 13.8. The number of rotatable bonds is 7. The van der Waals surface area contributed by atoms with Gasteiger partial charge in [-0.05, 0) is 68.3 Å². The third kappa shape index (κ3) is 5.76. The Balaban J connectivity index is 1.77. The molecule has 0 radical (unpaired) electrons. The van der Waals surface area contributed by atoms with Crippen molar-refractivity contribution in [3.63, 3.8) is 0 Å². The van der Waals surface area contributed by atoms with Crippen LogP contribution in [0.5, 0.6) is 0 Å². The fraction of sp³-hybridized carbons (Fsp3) is 0.167. The number of benzene rings is 3. The molecule has 1 atom stereocenters. The third-order valence-corrected chi connectivity index (χ3v) is 6.25. The van der Waals surface area contributed by atoms with Gasteiger partial charge in [-0.25, -0.2) is 22.0 Å². The van der Waals surface area contributed by atoms with Crippen LogP contribution in [0.25, 0.3) is 0 Å². The zero-order chi connectivity index (χ0) is 25.0. The van der Waals surface area contributed by atoms with E-state index in [0.717, 1.165) is 29.8 Å². The lowest BCUT2D eigenvalue weighted by Gasteiger charge is -2.16. The predicted octanol–water partition coefficient (Wildman–Crippen LogP) is 4.57. The van der Waals surface area contributed by atoms with Crippen LogP contribution in [0.15, 0.2) is 65.6 Å². The Labute approximate surface area is 195 Å². The van der Waals surface area contributed by atoms with Crippen LogP contribution in [0.2, 0.25) is 0 Å². The number of amides is 1. The van der Waals surface area contributed by atoms with Gasteiger partial charge in [0.25, 0.3) is 15.9 Å². The van der Waals surface area contributed by atoms with Crippen LogP contribution in [0.3, 0.4) is 0 Å². The smallest absolute Gasteiger partial charge is 0.339 e. The van der Waals surface area contributed by atoms with Crippen LogP contribution >= 0.6 is 0 Å². The van der Waals surface area contributed by atoms with Crippen molar-refractivity contribution in [2.45, 2.75) is 31.8 Å². The molecule has 3 rings (SSSR count). The van der Waals surface area contributed by atoms with E-state index in [-0.39, 0.29) is 10.5 Å². The molecule has 7 nitrogen and oxygen atoms in total. The molecule has 0 aromatic heterocycles. The predicted molar refractivity (Wildman–Crippen MR) is 123 cm³/mol. The molecule has 0 heterocycles. The van der Waals surface area contributed by atoms with Crippen molar-refractivity contribution < 1.29 is 31.5 Å². The fourth-order valence-corrected chi connectivity index (χ4v) is 4.11. The maximum Gasteiger partial charge on any atom is 0.339 e. The molecule has 0 saturated heterocycles. The second-order valence-electron chi connectivity index (χ2n) is 7.59. The second-order valence-corrected chi connectivity index (χ2v) is 9.27. The van der Waals surface area contributed by atoms with Crippen LogP contribution in [-0.2, 0) is 19.6 Å². The number of hydrogen-bond donors (Lipinski definition) is 2. The van der Waals surface area contributed by atoms with E-state index < -0.39 is 45.3 Å². The Morgan fingerprint density at radius 1 is 0.941 bits per heavy atom. The molecule has 0 bridgehead atoms. The molecule has 3 aromatic carbocycles. The lowest BCUT2D eigenvalue weighted by Crippen LogP contribution is -2.31. The van der Waals surface area contributed by atoms with E-state index in [1.807, 2.05) is 18.3 Å². The first-order chi connectivity index (χ1) is 16.0. The molecule has 3 aromatic rings. The Hall–Kier alpha value is -3.79. The van der Waals surface area contributed by atoms with Crippen LogP contribution in [0.1, 0.15) is 28.4 Å². The highest BCUT2D eigenvalue weighted by atomic mass is 32.2. The van der Waals surface area contributed by atoms with Crippen molar-refractivity contribution in [3.8, 4) is 0 Å². The summed E-state index contributed by atoms with van der Waals surface area (Å²) in [6.07, 6.45) is -1.42. The quantitative estimate of drug-likeness (QED) is 0.475. The molecular weight excluding hydrogens is 466 g/mol. The van der Waals surface area contributed by atoms with Gasteiger partial charge in [0.1, 0.15) is 17.3 Å². The molecule has 178 valence electrons. The number of sulfonamides is 1. The minimum atomic E-state index is -4.02. The van der Waals surface area contributed by atoms with E-state index in [1.54, 1.807) is 25.1 Å². The molecular formula is C24H22F2N2O5S. The summed E-state index contributed by atoms with van der Waals surface area (Å²) >= 11 is 0. The molecule has 34 heavy (non-hydrogen) atoms. The van der Waals surface area contributed by atoms with E-state index in [0.29, 0.717) is 11.3 Å². The van der Waals surface area contributed by atoms with Crippen molar-refractivity contribution in [2.24, 2.45) is 0 Å². The van der Waals surface area contributed by atoms with Gasteiger partial charge in [0.05, 0.1) is 10.5 Å². The standard InChI is InChI=1S/C24H22F2N2O5S/c1-14-6-4-7-17(12-14)28-34(31,32)18-11-10-15(2)19(13-18)24(30)33-16(3)23(29)27-22-20(25)8-5-9-21(22)26/h4-13,16,28H,1-3H3,(H,27,29). The molecule has 0 aliphatic heterocycles. The summed E-state index contributed by atoms with van der Waals surface area (Å²) in [5.41, 5.74) is 0.879. The van der Waals surface area contributed by atoms with Gasteiger partial charge < -0.3 is 10.1 Å². The van der Waals surface area contributed by atoms with Gasteiger partial charge in [0, 0.05) is 5.69 Å². The first-order valence-electron chi connectivity index (χ1n) is 10.1. The molecule has 1 unspecified atom stereocenters. The number of ether oxygens (including phenoxy) is 1. The number of aryl methyl sites for hydroxylation is 2. The van der Waals surface area contributed by atoms with Crippen LogP contribution in [0.4, 0.5) is 20.2 Å². The van der Waals surface area contributed by atoms with E-state index in [4.69, 9.17) is 4.74 Å². The summed E-state index contributed by atoms with van der Waals surface area (Å²) in [5.74, 6) is -3.90. The van der Waals surface area contributed by atoms with Gasteiger partial charge >= 0.3 is 5.97 Å². The number of carbonyl (C=O) groups excluding carboxylic acids is 2. The number of hydrogen-bond acceptors (Lipinski definition) is 5. The summed E-state index contributed by atoms with van der Waals surface area (Å²) < 4.78 is 60.7. The van der Waals surface area contributed by atoms with E-state index in [2.05, 4.69) is 4.72 Å². The number of anilines is 2. The van der Waals surface area contributed by atoms with Gasteiger partial charge in [-0.15, -0.1) is 0 Å². The molecule has 0 saturated carbocycles. The van der Waals surface area contributed by atoms with Crippen molar-refractivity contribution in [2.75, 3.05) is 10.0 Å². The molecule has 1 amide bonds. The average molecular weight is 489 g/mol. The number of nitrogens with one attached hydrogen (secondary N) is 2. The van der Waals surface area contributed by atoms with E-state index >= 15 is 0 Å². The lowest BCUT2D eigenvalue weighted by molar-refractivity contribution is -0.123. The van der Waals surface area contributed by atoms with Gasteiger partial charge in [0.2, 0.25) is 0 Å². The van der Waals surface area contributed by atoms with Gasteiger partial charge in [-0.1, -0.05) is 24.3 Å². The number of carbonyl (C=O) groups is 2. The monoisotopic (exact) mass is 488 g/mol. The Morgan fingerprint density at radius 3 is 2.24 bits per heavy atom. The fourth-order valence-electron chi connectivity index (χ4n) is 3.03. The average Bonchev–Trinajstić information content (AvgIpc) is 2.76. The molecule has 0 aliphatic rings. The van der Waals surface area contributed by atoms with Crippen molar-refractivity contribution >= 4 is 33.3 Å². The maximum atomic E-state index is 13.8. The van der Waals surface area contributed by atoms with Crippen molar-refractivity contribution in [1.82, 2.24) is 0 Å². The van der Waals surface area contributed by atoms with Crippen LogP contribution < -0.4 is 10.0 Å². The Morgan fingerprint density at radius 2 is 1.59 bits per heavy atom. The number of para-hydroxylation sites is 1. The SMILES string of the molecule is Cc1cccc(NS(=O)(=O)c2ccc(C)c(C(=O)OC(C)C(=O)Nc3c(F)cccc3F)c2)c1. The minimum absolute atomic E-state index is 0.0798. The van der Waals surface area contributed by atoms with Crippen LogP contribution in [0, 0.1) is 25.5 Å². The Kier molecular flexibility index (Phi) is 7.31. The second kappa shape index (κ2) is 10.0. The van der Waals surface area contributed by atoms with Crippen molar-refractivity contribution in [1.29, 1.82) is 0 Å². The van der Waals surface area contributed by atoms with Crippen molar-refractivity contribution in [3.05, 3.63) is 89.0 Å². The summed E-state index contributed by atoms with van der Waals surface area (Å²) in [4.78, 5) is 24.8. The van der Waals surface area contributed by atoms with Crippen LogP contribution in [-0.4, -0.2) is 26.4 Å². The summed E-state index contributed by atoms with van der Waals surface area (Å²) in [7, 11) is -4.02. The summed E-state index contributed by atoms with van der Waals surface area (Å²) in [5, 5.41) is 2.05. The zero-order valence-electron chi connectivity index (χ0n) is 18.6. The molecule has 0 aliphatic carbocycles. The topological polar surface area (TPSA) is 102 Å². The summed E-state index contributed by atoms with van der Waals surface area (Å²) in [6, 6.07) is 13.7. The zero-order valence-corrected chi connectivity index (χ0v) is 19.4. The third-order valence-electron chi connectivity index (χ3n) is 4.87. The number of esters is 1.